The van der Waals surface area contributed by atoms with E-state index in [-0.39, 0.29) is 44.8 Å². The number of fused-ring (bicyclic) bond motifs is 6. The second kappa shape index (κ2) is 22.5. The van der Waals surface area contributed by atoms with Crippen molar-refractivity contribution >= 4 is 75.6 Å². The standard InChI is InChI=1S/C25H26P2.2C14H7O.2Au/c1-3-14-22(4-2)26(23-15-8-5-9-16-23)21-27(24-17-10-6-11-18-24)25-19-12-7-13-20-25;2*1-2-10-7-8-12-11-5-3-4-6-13(11)15-14(12)9-10;;/h3-20H,21H2,1-2H3;2*3-9H;;/q;2*-1;2*+1/p+2/b14-3-,22-4+;;;;. The summed E-state index contributed by atoms with van der Waals surface area (Å²) in [5.74, 6) is 5.95. The molecule has 2 aromatic heterocycles. The van der Waals surface area contributed by atoms with Gasteiger partial charge in [-0.1, -0.05) is 121 Å². The summed E-state index contributed by atoms with van der Waals surface area (Å²) in [6.07, 6.45) is 20.9. The summed E-state index contributed by atoms with van der Waals surface area (Å²) in [5, 5.41) is 10.4. The Kier molecular flexibility index (Phi) is 17.2. The topological polar surface area (TPSA) is 26.3 Å². The van der Waals surface area contributed by atoms with Crippen molar-refractivity contribution in [3.05, 3.63) is 223 Å². The van der Waals surface area contributed by atoms with Crippen LogP contribution in [-0.2, 0) is 44.8 Å². The number of hydrogen-bond donors (Lipinski definition) is 0. The molecule has 2 heterocycles. The van der Waals surface area contributed by atoms with Crippen molar-refractivity contribution in [2.75, 3.05) is 5.90 Å². The van der Waals surface area contributed by atoms with Crippen LogP contribution in [0.4, 0.5) is 0 Å². The predicted octanol–water partition coefficient (Wildman–Crippen LogP) is 12.9. The van der Waals surface area contributed by atoms with E-state index in [2.05, 4.69) is 135 Å². The molecule has 59 heavy (non-hydrogen) atoms. The summed E-state index contributed by atoms with van der Waals surface area (Å²) >= 11 is 0. The van der Waals surface area contributed by atoms with Gasteiger partial charge in [0.15, 0.2) is 5.90 Å². The SMILES string of the molecule is C/C=C\C(=C/C)[PH+](C[PH+](c1ccccc1)c1ccccc1)c1ccccc1.[Au+].[Au+].[C-]#Cc1ccc2c(c1)oc1ccccc12.[C-]#Cc1ccc2c(c1)oc1ccccc12. The minimum atomic E-state index is -0.847. The Morgan fingerprint density at radius 3 is 1.29 bits per heavy atom. The molecule has 9 aromatic rings. The van der Waals surface area contributed by atoms with E-state index >= 15 is 0 Å². The molecule has 1 atom stereocenters. The van der Waals surface area contributed by atoms with E-state index in [1.807, 2.05) is 84.9 Å². The van der Waals surface area contributed by atoms with Crippen molar-refractivity contribution in [2.45, 2.75) is 13.8 Å². The Hall–Kier alpha value is -4.92. The van der Waals surface area contributed by atoms with Crippen molar-refractivity contribution in [2.24, 2.45) is 0 Å². The first-order chi connectivity index (χ1) is 28.1. The third-order valence-corrected chi connectivity index (χ3v) is 16.8. The Balaban J connectivity index is 0.000000176. The van der Waals surface area contributed by atoms with Gasteiger partial charge in [0.25, 0.3) is 0 Å². The zero-order valence-electron chi connectivity index (χ0n) is 32.6. The molecule has 0 N–H and O–H groups in total. The first-order valence-corrected chi connectivity index (χ1v) is 22.4. The average molecular weight is 1170 g/mol. The second-order valence-corrected chi connectivity index (χ2v) is 19.0. The zero-order valence-corrected chi connectivity index (χ0v) is 38.9. The van der Waals surface area contributed by atoms with Gasteiger partial charge in [-0.3, -0.25) is 11.8 Å². The Morgan fingerprint density at radius 2 is 0.881 bits per heavy atom. The Morgan fingerprint density at radius 1 is 0.492 bits per heavy atom. The van der Waals surface area contributed by atoms with Gasteiger partial charge < -0.3 is 21.7 Å². The molecule has 296 valence electrons. The number of benzene rings is 7. The van der Waals surface area contributed by atoms with Crippen LogP contribution in [0, 0.1) is 24.7 Å². The summed E-state index contributed by atoms with van der Waals surface area (Å²) < 4.78 is 11.3. The largest absolute Gasteiger partial charge is 1.00 e. The fourth-order valence-corrected chi connectivity index (χ4v) is 14.8. The van der Waals surface area contributed by atoms with Crippen LogP contribution >= 0.6 is 15.8 Å². The molecule has 0 aliphatic heterocycles. The number of furan rings is 2. The molecule has 0 aliphatic rings. The molecule has 0 spiro atoms. The van der Waals surface area contributed by atoms with Crippen LogP contribution in [0.3, 0.4) is 0 Å². The molecule has 0 aliphatic carbocycles. The fraction of sp³-hybridized carbons (Fsp3) is 0.0566. The van der Waals surface area contributed by atoms with Crippen LogP contribution in [0.5, 0.6) is 0 Å². The smallest absolute Gasteiger partial charge is 0.458 e. The minimum absolute atomic E-state index is 0. The van der Waals surface area contributed by atoms with E-state index < -0.39 is 15.8 Å². The van der Waals surface area contributed by atoms with Gasteiger partial charge in [0.1, 0.15) is 54.1 Å². The van der Waals surface area contributed by atoms with Gasteiger partial charge in [0.05, 0.1) is 5.31 Å². The molecule has 7 aromatic carbocycles. The second-order valence-electron chi connectivity index (χ2n) is 13.3. The molecule has 0 saturated carbocycles. The van der Waals surface area contributed by atoms with Crippen molar-refractivity contribution in [1.29, 1.82) is 0 Å². The number of hydrogen-bond acceptors (Lipinski definition) is 2. The quantitative estimate of drug-likeness (QED) is 0.0523. The molecule has 2 nitrogen and oxygen atoms in total. The van der Waals surface area contributed by atoms with Gasteiger partial charge in [0.2, 0.25) is 0 Å². The number of para-hydroxylation sites is 2. The summed E-state index contributed by atoms with van der Waals surface area (Å²) in [5.41, 5.74) is 4.87. The van der Waals surface area contributed by atoms with Gasteiger partial charge in [-0.2, -0.15) is 0 Å². The maximum absolute atomic E-state index is 7.06. The van der Waals surface area contributed by atoms with E-state index in [4.69, 9.17) is 21.7 Å². The molecule has 0 radical (unpaired) electrons. The number of allylic oxidation sites excluding steroid dienone is 4. The van der Waals surface area contributed by atoms with Crippen LogP contribution < -0.4 is 15.9 Å². The molecule has 0 amide bonds. The zero-order chi connectivity index (χ0) is 39.4. The van der Waals surface area contributed by atoms with E-state index in [9.17, 15) is 0 Å². The Bertz CT molecular complexity index is 2720. The minimum Gasteiger partial charge on any atom is -0.458 e. The van der Waals surface area contributed by atoms with Crippen molar-refractivity contribution in [3.63, 3.8) is 0 Å². The van der Waals surface area contributed by atoms with Crippen molar-refractivity contribution < 1.29 is 53.6 Å². The van der Waals surface area contributed by atoms with E-state index in [1.54, 1.807) is 0 Å². The summed E-state index contributed by atoms with van der Waals surface area (Å²) in [4.78, 5) is 0. The van der Waals surface area contributed by atoms with Gasteiger partial charge in [-0.15, -0.1) is 23.3 Å². The molecule has 9 rings (SSSR count). The van der Waals surface area contributed by atoms with Crippen LogP contribution in [-0.4, -0.2) is 5.90 Å². The third-order valence-electron chi connectivity index (χ3n) is 9.77. The predicted molar refractivity (Wildman–Crippen MR) is 248 cm³/mol. The molecule has 1 unspecified atom stereocenters. The molecular formula is C53H42Au2O2P2+2. The van der Waals surface area contributed by atoms with Crippen LogP contribution in [0.1, 0.15) is 25.0 Å². The van der Waals surface area contributed by atoms with Crippen LogP contribution in [0.15, 0.2) is 208 Å². The number of rotatable bonds is 7. The van der Waals surface area contributed by atoms with E-state index in [0.29, 0.717) is 0 Å². The van der Waals surface area contributed by atoms with Crippen molar-refractivity contribution in [1.82, 2.24) is 0 Å². The summed E-state index contributed by atoms with van der Waals surface area (Å²) in [6.45, 7) is 4.30. The van der Waals surface area contributed by atoms with Crippen LogP contribution in [0.2, 0.25) is 0 Å². The van der Waals surface area contributed by atoms with Gasteiger partial charge >= 0.3 is 44.8 Å². The molecule has 0 bridgehead atoms. The first kappa shape index (κ1) is 45.2. The molecule has 6 heteroatoms. The van der Waals surface area contributed by atoms with E-state index in [0.717, 1.165) is 55.0 Å². The van der Waals surface area contributed by atoms with Crippen molar-refractivity contribution in [3.8, 4) is 11.8 Å². The molecule has 0 saturated heterocycles. The molecular weight excluding hydrogens is 1120 g/mol. The maximum atomic E-state index is 7.06. The van der Waals surface area contributed by atoms with Gasteiger partial charge in [-0.25, -0.2) is 0 Å². The van der Waals surface area contributed by atoms with Gasteiger partial charge in [-0.05, 0) is 74.5 Å². The monoisotopic (exact) mass is 1170 g/mol. The van der Waals surface area contributed by atoms with Crippen LogP contribution in [0.25, 0.3) is 43.9 Å². The summed E-state index contributed by atoms with van der Waals surface area (Å²) in [7, 11) is -1.69. The fourth-order valence-electron chi connectivity index (χ4n) is 6.99. The molecule has 0 fully saturated rings. The summed E-state index contributed by atoms with van der Waals surface area (Å²) in [6, 6.07) is 60.6. The normalized spacial score (nSPS) is 11.4. The first-order valence-electron chi connectivity index (χ1n) is 19.0. The maximum Gasteiger partial charge on any atom is 1.00 e. The van der Waals surface area contributed by atoms with Gasteiger partial charge in [0, 0.05) is 21.5 Å². The average Bonchev–Trinajstić information content (AvgIpc) is 3.85. The Labute approximate surface area is 381 Å². The van der Waals surface area contributed by atoms with E-state index in [1.165, 1.54) is 27.1 Å². The third kappa shape index (κ3) is 11.0.